The molecule has 0 radical (unpaired) electrons. The third-order valence-corrected chi connectivity index (χ3v) is 11.1. The number of hydrogen-bond donors (Lipinski definition) is 0. The van der Waals surface area contributed by atoms with E-state index in [-0.39, 0.29) is 0 Å². The molecule has 0 saturated heterocycles. The zero-order valence-electron chi connectivity index (χ0n) is 29.5. The normalized spacial score (nSPS) is 11.6. The number of rotatable bonds is 4. The second kappa shape index (κ2) is 11.8. The Morgan fingerprint density at radius 2 is 0.836 bits per heavy atom. The summed E-state index contributed by atoms with van der Waals surface area (Å²) in [6, 6.07) is 61.0. The van der Waals surface area contributed by atoms with E-state index < -0.39 is 0 Å². The fourth-order valence-corrected chi connectivity index (χ4v) is 8.84. The van der Waals surface area contributed by atoms with Crippen molar-refractivity contribution in [3.63, 3.8) is 0 Å². The predicted molar refractivity (Wildman–Crippen MR) is 227 cm³/mol. The first-order chi connectivity index (χ1) is 27.2. The van der Waals surface area contributed by atoms with E-state index in [1.807, 2.05) is 42.5 Å². The van der Waals surface area contributed by atoms with Gasteiger partial charge >= 0.3 is 0 Å². The van der Waals surface area contributed by atoms with Crippen LogP contribution in [0.25, 0.3) is 103 Å². The van der Waals surface area contributed by atoms with Crippen LogP contribution in [0.1, 0.15) is 0 Å². The van der Waals surface area contributed by atoms with Crippen molar-refractivity contribution >= 4 is 76.8 Å². The number of fused-ring (bicyclic) bond motifs is 9. The lowest BCUT2D eigenvalue weighted by Crippen LogP contribution is -1.99. The molecular formula is C50H29N5. The van der Waals surface area contributed by atoms with Crippen molar-refractivity contribution in [1.29, 1.82) is 0 Å². The lowest BCUT2D eigenvalue weighted by atomic mass is 10.00. The summed E-state index contributed by atoms with van der Waals surface area (Å²) in [7, 11) is 0. The maximum absolute atomic E-state index is 8.71. The molecule has 0 aliphatic rings. The molecule has 0 atom stereocenters. The zero-order chi connectivity index (χ0) is 36.6. The molecular weight excluding hydrogens is 671 g/mol. The highest BCUT2D eigenvalue weighted by molar-refractivity contribution is 6.15. The van der Waals surface area contributed by atoms with Crippen LogP contribution in [0.5, 0.6) is 0 Å². The van der Waals surface area contributed by atoms with Gasteiger partial charge in [-0.05, 0) is 71.1 Å². The summed E-state index contributed by atoms with van der Waals surface area (Å²) in [5.41, 5.74) is 12.0. The molecule has 0 bridgehead atoms. The fraction of sp³-hybridized carbons (Fsp3) is 0. The molecule has 3 heterocycles. The van der Waals surface area contributed by atoms with Crippen molar-refractivity contribution in [1.82, 2.24) is 13.7 Å². The minimum atomic E-state index is 0.565. The Bertz CT molecular complexity index is 3420. The molecule has 0 unspecified atom stereocenters. The van der Waals surface area contributed by atoms with Crippen LogP contribution >= 0.6 is 0 Å². The first-order valence-electron chi connectivity index (χ1n) is 18.3. The van der Waals surface area contributed by atoms with Gasteiger partial charge in [0.15, 0.2) is 0 Å². The second-order valence-electron chi connectivity index (χ2n) is 13.9. The van der Waals surface area contributed by atoms with Crippen LogP contribution in [0.4, 0.5) is 11.4 Å². The van der Waals surface area contributed by atoms with E-state index in [9.17, 15) is 0 Å². The third-order valence-electron chi connectivity index (χ3n) is 11.1. The Kier molecular flexibility index (Phi) is 6.61. The molecule has 254 valence electrons. The first-order valence-corrected chi connectivity index (χ1v) is 18.3. The van der Waals surface area contributed by atoms with Gasteiger partial charge in [0.25, 0.3) is 0 Å². The summed E-state index contributed by atoms with van der Waals surface area (Å²) < 4.78 is 6.80. The molecule has 3 aromatic heterocycles. The summed E-state index contributed by atoms with van der Waals surface area (Å²) in [5, 5.41) is 6.81. The molecule has 11 rings (SSSR count). The van der Waals surface area contributed by atoms with Gasteiger partial charge < -0.3 is 13.7 Å². The molecule has 0 aliphatic carbocycles. The van der Waals surface area contributed by atoms with Gasteiger partial charge in [-0.3, -0.25) is 0 Å². The van der Waals surface area contributed by atoms with E-state index >= 15 is 0 Å². The summed E-state index contributed by atoms with van der Waals surface area (Å²) in [6.07, 6.45) is 0. The number of para-hydroxylation sites is 7. The van der Waals surface area contributed by atoms with Gasteiger partial charge in [0.1, 0.15) is 0 Å². The van der Waals surface area contributed by atoms with Crippen molar-refractivity contribution in [2.75, 3.05) is 0 Å². The van der Waals surface area contributed by atoms with Crippen LogP contribution in [0.15, 0.2) is 176 Å². The Hall–Kier alpha value is -7.86. The highest BCUT2D eigenvalue weighted by Crippen LogP contribution is 2.45. The third kappa shape index (κ3) is 4.33. The van der Waals surface area contributed by atoms with Gasteiger partial charge in [-0.1, -0.05) is 121 Å². The van der Waals surface area contributed by atoms with E-state index in [0.29, 0.717) is 11.4 Å². The van der Waals surface area contributed by atoms with Crippen molar-refractivity contribution in [2.24, 2.45) is 0 Å². The van der Waals surface area contributed by atoms with Gasteiger partial charge in [-0.2, -0.15) is 0 Å². The van der Waals surface area contributed by atoms with Crippen LogP contribution in [-0.2, 0) is 0 Å². The summed E-state index contributed by atoms with van der Waals surface area (Å²) in [4.78, 5) is 8.24. The number of benzene rings is 8. The molecule has 8 aromatic carbocycles. The smallest absolute Gasteiger partial charge is 0.218 e. The molecule has 11 aromatic rings. The maximum atomic E-state index is 8.71. The van der Waals surface area contributed by atoms with Gasteiger partial charge in [-0.15, -0.1) is 0 Å². The largest absolute Gasteiger partial charge is 0.319 e. The second-order valence-corrected chi connectivity index (χ2v) is 13.9. The minimum Gasteiger partial charge on any atom is -0.319 e. The standard InChI is InChI=1S/C50H29N5/c1-51-41-22-13-21-39-36-18-6-12-27-46(36)55(50(39)41)45-26-11-5-17-35(45)38-20-14-28-48(49(38)52-2)54-44-25-10-7-19-37(44)40-31-32(29-30-47(40)54)53-42-23-8-3-15-33(42)34-16-4-9-24-43(34)53/h3-31H. The average Bonchev–Trinajstić information content (AvgIpc) is 3.89. The Morgan fingerprint density at radius 1 is 0.345 bits per heavy atom. The Balaban J connectivity index is 1.16. The van der Waals surface area contributed by atoms with Gasteiger partial charge in [-0.25, -0.2) is 9.69 Å². The minimum absolute atomic E-state index is 0.565. The fourth-order valence-electron chi connectivity index (χ4n) is 8.84. The van der Waals surface area contributed by atoms with Crippen molar-refractivity contribution in [3.05, 3.63) is 199 Å². The lowest BCUT2D eigenvalue weighted by molar-refractivity contribution is 1.17. The highest BCUT2D eigenvalue weighted by Gasteiger charge is 2.22. The Morgan fingerprint density at radius 3 is 1.51 bits per heavy atom. The van der Waals surface area contributed by atoms with Gasteiger partial charge in [0, 0.05) is 32.6 Å². The molecule has 0 amide bonds. The van der Waals surface area contributed by atoms with Crippen LogP contribution in [0.3, 0.4) is 0 Å². The summed E-state index contributed by atoms with van der Waals surface area (Å²) >= 11 is 0. The predicted octanol–water partition coefficient (Wildman–Crippen LogP) is 13.7. The quantitative estimate of drug-likeness (QED) is 0.163. The highest BCUT2D eigenvalue weighted by atomic mass is 15.0. The summed E-state index contributed by atoms with van der Waals surface area (Å²) in [5.74, 6) is 0. The average molecular weight is 700 g/mol. The Labute approximate surface area is 316 Å². The number of hydrogen-bond acceptors (Lipinski definition) is 0. The van der Waals surface area contributed by atoms with E-state index in [1.54, 1.807) is 0 Å². The molecule has 0 fully saturated rings. The molecule has 5 nitrogen and oxygen atoms in total. The van der Waals surface area contributed by atoms with Crippen molar-refractivity contribution in [2.45, 2.75) is 0 Å². The number of nitrogens with zero attached hydrogens (tertiary/aromatic N) is 5. The molecule has 0 saturated carbocycles. The van der Waals surface area contributed by atoms with Crippen LogP contribution in [0.2, 0.25) is 0 Å². The van der Waals surface area contributed by atoms with Crippen LogP contribution in [0, 0.1) is 13.1 Å². The maximum Gasteiger partial charge on any atom is 0.218 e. The molecule has 0 aliphatic heterocycles. The van der Waals surface area contributed by atoms with Crippen LogP contribution < -0.4 is 0 Å². The van der Waals surface area contributed by atoms with Gasteiger partial charge in [0.05, 0.1) is 57.6 Å². The summed E-state index contributed by atoms with van der Waals surface area (Å²) in [6.45, 7) is 16.8. The monoisotopic (exact) mass is 699 g/mol. The molecule has 55 heavy (non-hydrogen) atoms. The van der Waals surface area contributed by atoms with Crippen molar-refractivity contribution in [3.8, 4) is 28.2 Å². The molecule has 0 N–H and O–H groups in total. The van der Waals surface area contributed by atoms with Gasteiger partial charge in [0.2, 0.25) is 11.4 Å². The lowest BCUT2D eigenvalue weighted by Gasteiger charge is -2.18. The molecule has 0 spiro atoms. The van der Waals surface area contributed by atoms with Crippen LogP contribution in [-0.4, -0.2) is 13.7 Å². The van der Waals surface area contributed by atoms with E-state index in [4.69, 9.17) is 13.1 Å². The first kappa shape index (κ1) is 30.7. The topological polar surface area (TPSA) is 23.5 Å². The van der Waals surface area contributed by atoms with E-state index in [0.717, 1.165) is 71.8 Å². The molecule has 5 heteroatoms. The zero-order valence-corrected chi connectivity index (χ0v) is 29.5. The van der Waals surface area contributed by atoms with Crippen molar-refractivity contribution < 1.29 is 0 Å². The van der Waals surface area contributed by atoms with E-state index in [1.165, 1.54) is 21.8 Å². The number of aromatic nitrogens is 3. The SMILES string of the molecule is [C-]#[N+]c1c(-c2ccccc2-n2c3ccccc3c3cccc([N+]#[C-])c32)cccc1-n1c2ccccc2c2cc(-n3c4ccccc4c4ccccc43)ccc21. The van der Waals surface area contributed by atoms with E-state index in [2.05, 4.69) is 157 Å².